The van der Waals surface area contributed by atoms with Gasteiger partial charge in [-0.15, -0.1) is 0 Å². The van der Waals surface area contributed by atoms with E-state index in [-0.39, 0.29) is 16.2 Å². The highest BCUT2D eigenvalue weighted by atomic mass is 32.2. The van der Waals surface area contributed by atoms with Crippen LogP contribution in [-0.4, -0.2) is 32.7 Å². The zero-order valence-electron chi connectivity index (χ0n) is 18.1. The number of esters is 2. The summed E-state index contributed by atoms with van der Waals surface area (Å²) in [5.41, 5.74) is 1.99. The minimum atomic E-state index is -3.51. The lowest BCUT2D eigenvalue weighted by Crippen LogP contribution is -2.14. The molecule has 3 aromatic rings. The molecule has 0 fully saturated rings. The molecule has 0 unspecified atom stereocenters. The van der Waals surface area contributed by atoms with Gasteiger partial charge in [-0.05, 0) is 61.0 Å². The summed E-state index contributed by atoms with van der Waals surface area (Å²) in [6.07, 6.45) is 0. The molecule has 170 valence electrons. The van der Waals surface area contributed by atoms with Crippen LogP contribution in [0.1, 0.15) is 38.8 Å². The Balaban J connectivity index is 1.57. The third-order valence-corrected chi connectivity index (χ3v) is 6.40. The minimum absolute atomic E-state index is 0.199. The second kappa shape index (κ2) is 10.2. The Labute approximate surface area is 191 Å². The number of ketones is 1. The lowest BCUT2D eigenvalue weighted by molar-refractivity contribution is -0.131. The number of carbonyl (C=O) groups is 3. The van der Waals surface area contributed by atoms with Crippen molar-refractivity contribution in [3.63, 3.8) is 0 Å². The fourth-order valence-corrected chi connectivity index (χ4v) is 4.31. The first-order chi connectivity index (χ1) is 15.6. The summed E-state index contributed by atoms with van der Waals surface area (Å²) < 4.78 is 35.1. The molecule has 0 aromatic heterocycles. The van der Waals surface area contributed by atoms with Crippen LogP contribution >= 0.6 is 0 Å². The Hall–Kier alpha value is -3.78. The van der Waals surface area contributed by atoms with Gasteiger partial charge in [-0.1, -0.05) is 29.8 Å². The van der Waals surface area contributed by atoms with Crippen LogP contribution in [0.5, 0.6) is 5.75 Å². The van der Waals surface area contributed by atoms with Crippen LogP contribution in [0.2, 0.25) is 0 Å². The number of aryl methyl sites for hydroxylation is 1. The Kier molecular flexibility index (Phi) is 7.40. The van der Waals surface area contributed by atoms with Gasteiger partial charge in [0.05, 0.1) is 16.2 Å². The molecule has 0 aliphatic heterocycles. The smallest absolute Gasteiger partial charge is 0.338 e. The van der Waals surface area contributed by atoms with Gasteiger partial charge in [0, 0.05) is 12.5 Å². The van der Waals surface area contributed by atoms with Crippen LogP contribution in [0.25, 0.3) is 0 Å². The molecule has 0 saturated heterocycles. The van der Waals surface area contributed by atoms with E-state index in [0.717, 1.165) is 5.56 Å². The van der Waals surface area contributed by atoms with Crippen LogP contribution in [0.3, 0.4) is 0 Å². The van der Waals surface area contributed by atoms with E-state index in [4.69, 9.17) is 9.47 Å². The lowest BCUT2D eigenvalue weighted by Gasteiger charge is -2.07. The maximum Gasteiger partial charge on any atom is 0.338 e. The fourth-order valence-electron chi connectivity index (χ4n) is 2.96. The number of hydrogen-bond acceptors (Lipinski definition) is 7. The van der Waals surface area contributed by atoms with Crippen LogP contribution in [0, 0.1) is 6.92 Å². The van der Waals surface area contributed by atoms with Gasteiger partial charge in [0.1, 0.15) is 5.75 Å². The number of rotatable bonds is 8. The highest BCUT2D eigenvalue weighted by Gasteiger charge is 2.16. The molecular weight excluding hydrogens is 444 g/mol. The van der Waals surface area contributed by atoms with E-state index in [1.165, 1.54) is 55.5 Å². The predicted octanol–water partition coefficient (Wildman–Crippen LogP) is 3.93. The van der Waals surface area contributed by atoms with Gasteiger partial charge in [-0.2, -0.15) is 0 Å². The molecular formula is C25H22O7S. The van der Waals surface area contributed by atoms with E-state index in [9.17, 15) is 22.8 Å². The monoisotopic (exact) mass is 466 g/mol. The summed E-state index contributed by atoms with van der Waals surface area (Å²) in [7, 11) is -3.51. The first kappa shape index (κ1) is 23.9. The van der Waals surface area contributed by atoms with Gasteiger partial charge < -0.3 is 9.47 Å². The second-order valence-electron chi connectivity index (χ2n) is 7.39. The van der Waals surface area contributed by atoms with Crippen LogP contribution in [-0.2, 0) is 25.1 Å². The zero-order chi connectivity index (χ0) is 24.0. The average Bonchev–Trinajstić information content (AvgIpc) is 2.78. The second-order valence-corrected chi connectivity index (χ2v) is 9.38. The topological polar surface area (TPSA) is 104 Å². The van der Waals surface area contributed by atoms with Gasteiger partial charge in [-0.25, -0.2) is 13.2 Å². The summed E-state index contributed by atoms with van der Waals surface area (Å²) in [5.74, 6) is -1.48. The van der Waals surface area contributed by atoms with Crippen molar-refractivity contribution in [3.8, 4) is 5.75 Å². The van der Waals surface area contributed by atoms with Gasteiger partial charge in [-0.3, -0.25) is 9.59 Å². The van der Waals surface area contributed by atoms with Crippen molar-refractivity contribution in [3.05, 3.63) is 95.1 Å². The molecule has 0 radical (unpaired) electrons. The minimum Gasteiger partial charge on any atom is -0.454 e. The molecule has 0 aliphatic carbocycles. The largest absolute Gasteiger partial charge is 0.454 e. The van der Waals surface area contributed by atoms with Gasteiger partial charge >= 0.3 is 11.9 Å². The van der Waals surface area contributed by atoms with Gasteiger partial charge in [0.25, 0.3) is 0 Å². The highest BCUT2D eigenvalue weighted by molar-refractivity contribution is 7.90. The van der Waals surface area contributed by atoms with E-state index in [2.05, 4.69) is 0 Å². The first-order valence-corrected chi connectivity index (χ1v) is 11.7. The zero-order valence-corrected chi connectivity index (χ0v) is 18.9. The van der Waals surface area contributed by atoms with Crippen molar-refractivity contribution in [1.82, 2.24) is 0 Å². The van der Waals surface area contributed by atoms with E-state index in [0.29, 0.717) is 16.9 Å². The molecule has 7 nitrogen and oxygen atoms in total. The normalized spacial score (nSPS) is 11.0. The quantitative estimate of drug-likeness (QED) is 0.281. The molecule has 33 heavy (non-hydrogen) atoms. The number of benzene rings is 3. The maximum atomic E-state index is 12.6. The van der Waals surface area contributed by atoms with E-state index >= 15 is 0 Å². The Morgan fingerprint density at radius 2 is 1.36 bits per heavy atom. The third kappa shape index (κ3) is 6.60. The summed E-state index contributed by atoms with van der Waals surface area (Å²) in [6, 6.07) is 18.5. The molecule has 0 amide bonds. The van der Waals surface area contributed by atoms with E-state index in [1.807, 2.05) is 6.92 Å². The van der Waals surface area contributed by atoms with Crippen molar-refractivity contribution in [2.24, 2.45) is 0 Å². The van der Waals surface area contributed by atoms with Gasteiger partial charge in [0.15, 0.2) is 22.2 Å². The summed E-state index contributed by atoms with van der Waals surface area (Å²) in [6.45, 7) is 2.69. The van der Waals surface area contributed by atoms with Crippen molar-refractivity contribution in [2.45, 2.75) is 24.5 Å². The molecule has 0 saturated carbocycles. The number of carbonyl (C=O) groups excluding carboxylic acids is 3. The average molecular weight is 467 g/mol. The van der Waals surface area contributed by atoms with Crippen LogP contribution in [0.4, 0.5) is 0 Å². The molecule has 0 heterocycles. The molecule has 8 heteroatoms. The summed E-state index contributed by atoms with van der Waals surface area (Å²) in [4.78, 5) is 35.6. The lowest BCUT2D eigenvalue weighted by atomic mass is 10.1. The number of hydrogen-bond donors (Lipinski definition) is 0. The van der Waals surface area contributed by atoms with Crippen LogP contribution in [0.15, 0.2) is 77.7 Å². The van der Waals surface area contributed by atoms with Gasteiger partial charge in [0.2, 0.25) is 0 Å². The summed E-state index contributed by atoms with van der Waals surface area (Å²) in [5, 5.41) is 0. The Morgan fingerprint density at radius 3 is 1.94 bits per heavy atom. The number of sulfone groups is 1. The fraction of sp³-hybridized carbons (Fsp3) is 0.160. The molecule has 0 atom stereocenters. The molecule has 0 aliphatic rings. The predicted molar refractivity (Wildman–Crippen MR) is 121 cm³/mol. The third-order valence-electron chi connectivity index (χ3n) is 4.70. The SMILES string of the molecule is CC(=O)Oc1ccc(C(=O)COC(=O)c2ccc(CS(=O)(=O)c3ccc(C)cc3)cc2)cc1. The maximum absolute atomic E-state index is 12.6. The highest BCUT2D eigenvalue weighted by Crippen LogP contribution is 2.18. The van der Waals surface area contributed by atoms with Crippen LogP contribution < -0.4 is 4.74 Å². The molecule has 3 aromatic carbocycles. The van der Waals surface area contributed by atoms with E-state index < -0.39 is 34.2 Å². The number of ether oxygens (including phenoxy) is 2. The molecule has 0 N–H and O–H groups in total. The van der Waals surface area contributed by atoms with Crippen molar-refractivity contribution in [2.75, 3.05) is 6.61 Å². The van der Waals surface area contributed by atoms with Crippen molar-refractivity contribution in [1.29, 1.82) is 0 Å². The molecule has 3 rings (SSSR count). The first-order valence-electron chi connectivity index (χ1n) is 10.0. The van der Waals surface area contributed by atoms with Crippen molar-refractivity contribution >= 4 is 27.6 Å². The Bertz CT molecular complexity index is 1260. The standard InChI is InChI=1S/C25H22O7S/c1-17-3-13-23(14-4-17)33(29,30)16-19-5-7-21(8-6-19)25(28)31-15-24(27)20-9-11-22(12-10-20)32-18(2)26/h3-14H,15-16H2,1-2H3. The van der Waals surface area contributed by atoms with E-state index in [1.54, 1.807) is 24.3 Å². The number of Topliss-reactive ketones (excluding diaryl/α,β-unsaturated/α-hetero) is 1. The summed E-state index contributed by atoms with van der Waals surface area (Å²) >= 11 is 0. The Morgan fingerprint density at radius 1 is 0.788 bits per heavy atom. The van der Waals surface area contributed by atoms with Crippen molar-refractivity contribution < 1.29 is 32.3 Å². The molecule has 0 bridgehead atoms. The molecule has 0 spiro atoms.